The molecule has 0 heterocycles. The van der Waals surface area contributed by atoms with Crippen molar-refractivity contribution >= 4 is 5.78 Å². The van der Waals surface area contributed by atoms with Gasteiger partial charge in [-0.15, -0.1) is 0 Å². The zero-order valence-electron chi connectivity index (χ0n) is 9.46. The molecule has 0 bridgehead atoms. The van der Waals surface area contributed by atoms with Crippen LogP contribution in [0.1, 0.15) is 37.3 Å². The van der Waals surface area contributed by atoms with Crippen molar-refractivity contribution in [2.75, 3.05) is 0 Å². The van der Waals surface area contributed by atoms with Crippen LogP contribution in [0.15, 0.2) is 18.2 Å². The molecule has 0 spiro atoms. The summed E-state index contributed by atoms with van der Waals surface area (Å²) < 4.78 is 25.9. The lowest BCUT2D eigenvalue weighted by molar-refractivity contribution is -0.121. The predicted molar refractivity (Wildman–Crippen MR) is 60.3 cm³/mol. The van der Waals surface area contributed by atoms with Crippen LogP contribution in [0.25, 0.3) is 0 Å². The second-order valence-corrected chi connectivity index (χ2v) is 4.58. The molecule has 0 aliphatic heterocycles. The monoisotopic (exact) mass is 239 g/mol. The van der Waals surface area contributed by atoms with E-state index in [1.54, 1.807) is 0 Å². The summed E-state index contributed by atoms with van der Waals surface area (Å²) >= 11 is 0. The molecule has 0 amide bonds. The Bertz CT molecular complexity index is 423. The Balaban J connectivity index is 2.11. The van der Waals surface area contributed by atoms with Crippen LogP contribution in [0.2, 0.25) is 0 Å². The number of halogens is 2. The molecule has 1 fully saturated rings. The van der Waals surface area contributed by atoms with E-state index in [9.17, 15) is 13.6 Å². The Morgan fingerprint density at radius 2 is 1.82 bits per heavy atom. The Kier molecular flexibility index (Phi) is 3.52. The molecule has 1 aliphatic rings. The fourth-order valence-corrected chi connectivity index (χ4v) is 2.31. The van der Waals surface area contributed by atoms with Crippen LogP contribution in [0.5, 0.6) is 0 Å². The number of carbonyl (C=O) groups is 1. The van der Waals surface area contributed by atoms with Gasteiger partial charge in [0.2, 0.25) is 0 Å². The third-order valence-corrected chi connectivity index (χ3v) is 3.42. The van der Waals surface area contributed by atoms with Crippen LogP contribution in [0, 0.1) is 17.6 Å². The van der Waals surface area contributed by atoms with Crippen molar-refractivity contribution in [3.8, 4) is 0 Å². The summed E-state index contributed by atoms with van der Waals surface area (Å²) in [5.41, 5.74) is 6.63. The molecule has 1 aromatic carbocycles. The van der Waals surface area contributed by atoms with Crippen molar-refractivity contribution in [1.82, 2.24) is 0 Å². The minimum absolute atomic E-state index is 0.178. The number of benzene rings is 1. The van der Waals surface area contributed by atoms with E-state index in [1.165, 1.54) is 6.07 Å². The maximum absolute atomic E-state index is 13.1. The maximum atomic E-state index is 13.1. The smallest absolute Gasteiger partial charge is 0.159 e. The van der Waals surface area contributed by atoms with Gasteiger partial charge in [-0.1, -0.05) is 6.07 Å². The molecule has 92 valence electrons. The van der Waals surface area contributed by atoms with Crippen molar-refractivity contribution in [1.29, 1.82) is 0 Å². The highest BCUT2D eigenvalue weighted by molar-refractivity contribution is 5.79. The topological polar surface area (TPSA) is 43.1 Å². The van der Waals surface area contributed by atoms with Crippen LogP contribution in [-0.2, 0) is 4.79 Å². The van der Waals surface area contributed by atoms with Crippen molar-refractivity contribution in [2.24, 2.45) is 11.7 Å². The minimum Gasteiger partial charge on any atom is -0.324 e. The van der Waals surface area contributed by atoms with E-state index >= 15 is 0 Å². The number of hydrogen-bond acceptors (Lipinski definition) is 2. The highest BCUT2D eigenvalue weighted by Gasteiger charge is 2.25. The summed E-state index contributed by atoms with van der Waals surface area (Å²) in [6.07, 6.45) is 2.56. The van der Waals surface area contributed by atoms with E-state index < -0.39 is 11.6 Å². The normalized spacial score (nSPS) is 19.4. The number of nitrogens with two attached hydrogens (primary N) is 1. The summed E-state index contributed by atoms with van der Waals surface area (Å²) in [5, 5.41) is 0. The average molecular weight is 239 g/mol. The molecular weight excluding hydrogens is 224 g/mol. The van der Waals surface area contributed by atoms with Gasteiger partial charge in [0.25, 0.3) is 0 Å². The number of carbonyl (C=O) groups excluding carboxylic acids is 1. The van der Waals surface area contributed by atoms with E-state index in [0.717, 1.165) is 25.0 Å². The fraction of sp³-hybridized carbons (Fsp3) is 0.462. The van der Waals surface area contributed by atoms with Gasteiger partial charge in [0.15, 0.2) is 11.6 Å². The Labute approximate surface area is 98.8 Å². The quantitative estimate of drug-likeness (QED) is 0.862. The lowest BCUT2D eigenvalue weighted by Gasteiger charge is -2.27. The van der Waals surface area contributed by atoms with Gasteiger partial charge in [0.1, 0.15) is 5.78 Å². The van der Waals surface area contributed by atoms with Gasteiger partial charge in [-0.3, -0.25) is 4.79 Å². The van der Waals surface area contributed by atoms with E-state index in [0.29, 0.717) is 18.4 Å². The molecule has 17 heavy (non-hydrogen) atoms. The first kappa shape index (κ1) is 12.2. The molecule has 1 unspecified atom stereocenters. The standard InChI is InChI=1S/C13H15F2NO/c14-11-6-3-9(7-12(11)15)13(16)8-1-4-10(17)5-2-8/h3,6-8,13H,1-2,4-5,16H2. The van der Waals surface area contributed by atoms with Gasteiger partial charge in [-0.05, 0) is 36.5 Å². The summed E-state index contributed by atoms with van der Waals surface area (Å²) in [6, 6.07) is 3.44. The largest absolute Gasteiger partial charge is 0.324 e. The second kappa shape index (κ2) is 4.92. The lowest BCUT2D eigenvalue weighted by Crippen LogP contribution is -2.26. The summed E-state index contributed by atoms with van der Waals surface area (Å²) in [4.78, 5) is 11.1. The maximum Gasteiger partial charge on any atom is 0.159 e. The van der Waals surface area contributed by atoms with Crippen LogP contribution < -0.4 is 5.73 Å². The highest BCUT2D eigenvalue weighted by atomic mass is 19.2. The first-order chi connectivity index (χ1) is 8.08. The molecule has 1 atom stereocenters. The minimum atomic E-state index is -0.871. The second-order valence-electron chi connectivity index (χ2n) is 4.58. The van der Waals surface area contributed by atoms with Crippen LogP contribution in [0.4, 0.5) is 8.78 Å². The summed E-state index contributed by atoms with van der Waals surface area (Å²) in [5.74, 6) is -1.29. The fourth-order valence-electron chi connectivity index (χ4n) is 2.31. The van der Waals surface area contributed by atoms with E-state index in [-0.39, 0.29) is 17.7 Å². The SMILES string of the molecule is NC(c1ccc(F)c(F)c1)C1CCC(=O)CC1. The molecule has 4 heteroatoms. The zero-order valence-corrected chi connectivity index (χ0v) is 9.46. The van der Waals surface area contributed by atoms with Crippen LogP contribution in [0.3, 0.4) is 0 Å². The first-order valence-electron chi connectivity index (χ1n) is 5.80. The summed E-state index contributed by atoms with van der Waals surface area (Å²) in [7, 11) is 0. The molecule has 0 aromatic heterocycles. The third-order valence-electron chi connectivity index (χ3n) is 3.42. The van der Waals surface area contributed by atoms with Crippen molar-refractivity contribution in [2.45, 2.75) is 31.7 Å². The summed E-state index contributed by atoms with van der Waals surface area (Å²) in [6.45, 7) is 0. The van der Waals surface area contributed by atoms with Crippen LogP contribution in [-0.4, -0.2) is 5.78 Å². The lowest BCUT2D eigenvalue weighted by atomic mass is 9.81. The molecule has 2 N–H and O–H groups in total. The number of ketones is 1. The number of rotatable bonds is 2. The van der Waals surface area contributed by atoms with E-state index in [2.05, 4.69) is 0 Å². The molecule has 2 rings (SSSR count). The van der Waals surface area contributed by atoms with Crippen molar-refractivity contribution in [3.05, 3.63) is 35.4 Å². The van der Waals surface area contributed by atoms with Gasteiger partial charge >= 0.3 is 0 Å². The van der Waals surface area contributed by atoms with Crippen molar-refractivity contribution < 1.29 is 13.6 Å². The Morgan fingerprint density at radius 3 is 2.41 bits per heavy atom. The highest BCUT2D eigenvalue weighted by Crippen LogP contribution is 2.31. The van der Waals surface area contributed by atoms with E-state index in [4.69, 9.17) is 5.73 Å². The number of hydrogen-bond donors (Lipinski definition) is 1. The third kappa shape index (κ3) is 2.69. The van der Waals surface area contributed by atoms with Gasteiger partial charge in [0, 0.05) is 18.9 Å². The number of Topliss-reactive ketones (excluding diaryl/α,β-unsaturated/α-hetero) is 1. The van der Waals surface area contributed by atoms with Crippen LogP contribution >= 0.6 is 0 Å². The molecule has 0 radical (unpaired) electrons. The zero-order chi connectivity index (χ0) is 12.4. The van der Waals surface area contributed by atoms with Gasteiger partial charge in [-0.25, -0.2) is 8.78 Å². The van der Waals surface area contributed by atoms with Crippen molar-refractivity contribution in [3.63, 3.8) is 0 Å². The van der Waals surface area contributed by atoms with Gasteiger partial charge < -0.3 is 5.73 Å². The molecule has 2 nitrogen and oxygen atoms in total. The molecule has 1 saturated carbocycles. The Hall–Kier alpha value is -1.29. The predicted octanol–water partition coefficient (Wildman–Crippen LogP) is 2.72. The van der Waals surface area contributed by atoms with Gasteiger partial charge in [-0.2, -0.15) is 0 Å². The molecular formula is C13H15F2NO. The first-order valence-corrected chi connectivity index (χ1v) is 5.80. The molecule has 0 saturated heterocycles. The molecule has 1 aromatic rings. The average Bonchev–Trinajstić information content (AvgIpc) is 2.33. The molecule has 1 aliphatic carbocycles. The Morgan fingerprint density at radius 1 is 1.18 bits per heavy atom. The van der Waals surface area contributed by atoms with Gasteiger partial charge in [0.05, 0.1) is 0 Å². The van der Waals surface area contributed by atoms with E-state index in [1.807, 2.05) is 0 Å².